The molecule has 0 amide bonds. The molecule has 0 spiro atoms. The minimum atomic E-state index is -5.98. The second-order valence-corrected chi connectivity index (χ2v) is 5.73. The van der Waals surface area contributed by atoms with Gasteiger partial charge in [0.25, 0.3) is 6.10 Å². The van der Waals surface area contributed by atoms with Crippen LogP contribution in [0, 0.1) is 6.92 Å². The van der Waals surface area contributed by atoms with E-state index in [0.29, 0.717) is 5.56 Å². The summed E-state index contributed by atoms with van der Waals surface area (Å²) in [5.74, 6) is 0. The normalized spacial score (nSPS) is 13.0. The molecule has 0 N–H and O–H groups in total. The molecular formula is C11H8F6O5S. The standard InChI is InChI=1S/C11H8F6O5S/c1-6-2-4-7(5-3-6)23(19,20)22-9(18)21-8(10(12,13)14)11(15,16)17/h2-5,8H,1H3. The molecule has 0 heterocycles. The predicted molar refractivity (Wildman–Crippen MR) is 61.8 cm³/mol. The van der Waals surface area contributed by atoms with E-state index in [1.165, 1.54) is 12.1 Å². The molecule has 0 aliphatic carbocycles. The number of carbonyl (C=O) groups is 1. The number of carbonyl (C=O) groups excluding carboxylic acids is 1. The lowest BCUT2D eigenvalue weighted by atomic mass is 10.2. The van der Waals surface area contributed by atoms with Gasteiger partial charge in [-0.3, -0.25) is 0 Å². The molecule has 0 atom stereocenters. The van der Waals surface area contributed by atoms with E-state index in [1.807, 2.05) is 0 Å². The van der Waals surface area contributed by atoms with Crippen LogP contribution in [0.1, 0.15) is 5.56 Å². The Morgan fingerprint density at radius 3 is 1.83 bits per heavy atom. The number of alkyl halides is 6. The van der Waals surface area contributed by atoms with Crippen molar-refractivity contribution in [2.75, 3.05) is 0 Å². The summed E-state index contributed by atoms with van der Waals surface area (Å²) < 4.78 is 103. The van der Waals surface area contributed by atoms with Crippen LogP contribution in [0.4, 0.5) is 31.1 Å². The lowest BCUT2D eigenvalue weighted by molar-refractivity contribution is -0.309. The van der Waals surface area contributed by atoms with Gasteiger partial charge >= 0.3 is 28.6 Å². The number of halogens is 6. The minimum Gasteiger partial charge on any atom is -0.410 e. The molecule has 130 valence electrons. The quantitative estimate of drug-likeness (QED) is 0.466. The molecule has 0 unspecified atom stereocenters. The number of benzene rings is 1. The molecule has 0 fully saturated rings. The van der Waals surface area contributed by atoms with Crippen molar-refractivity contribution in [1.29, 1.82) is 0 Å². The topological polar surface area (TPSA) is 69.7 Å². The Kier molecular flexibility index (Phi) is 5.19. The van der Waals surface area contributed by atoms with Crippen LogP contribution in [0.5, 0.6) is 0 Å². The zero-order valence-corrected chi connectivity index (χ0v) is 11.9. The Labute approximate surface area is 125 Å². The summed E-state index contributed by atoms with van der Waals surface area (Å²) in [5, 5.41) is 0. The second-order valence-electron chi connectivity index (χ2n) is 4.18. The monoisotopic (exact) mass is 366 g/mol. The summed E-state index contributed by atoms with van der Waals surface area (Å²) in [6.45, 7) is 1.59. The van der Waals surface area contributed by atoms with Crippen LogP contribution in [0.2, 0.25) is 0 Å². The fraction of sp³-hybridized carbons (Fsp3) is 0.364. The molecule has 0 bridgehead atoms. The Bertz CT molecular complexity index is 648. The lowest BCUT2D eigenvalue weighted by Crippen LogP contribution is -2.45. The SMILES string of the molecule is Cc1ccc(S(=O)(=O)OC(=O)OC(C(F)(F)F)C(F)(F)F)cc1. The molecule has 0 aliphatic rings. The van der Waals surface area contributed by atoms with E-state index in [4.69, 9.17) is 0 Å². The number of rotatable bonds is 3. The first-order valence-electron chi connectivity index (χ1n) is 5.58. The van der Waals surface area contributed by atoms with Crippen molar-refractivity contribution in [2.24, 2.45) is 0 Å². The number of aryl methyl sites for hydroxylation is 1. The molecule has 0 saturated carbocycles. The summed E-state index contributed by atoms with van der Waals surface area (Å²) in [5.41, 5.74) is 0.612. The van der Waals surface area contributed by atoms with E-state index >= 15 is 0 Å². The van der Waals surface area contributed by atoms with Gasteiger partial charge in [-0.1, -0.05) is 17.7 Å². The summed E-state index contributed by atoms with van der Waals surface area (Å²) in [4.78, 5) is 10.3. The smallest absolute Gasteiger partial charge is 0.410 e. The van der Waals surface area contributed by atoms with Gasteiger partial charge in [0, 0.05) is 0 Å². The van der Waals surface area contributed by atoms with Gasteiger partial charge in [0.05, 0.1) is 0 Å². The first-order chi connectivity index (χ1) is 10.2. The largest absolute Gasteiger partial charge is 0.525 e. The minimum absolute atomic E-state index is 0.612. The van der Waals surface area contributed by atoms with E-state index in [2.05, 4.69) is 8.92 Å². The lowest BCUT2D eigenvalue weighted by Gasteiger charge is -2.22. The van der Waals surface area contributed by atoms with Crippen molar-refractivity contribution in [1.82, 2.24) is 0 Å². The third-order valence-corrected chi connectivity index (χ3v) is 3.50. The van der Waals surface area contributed by atoms with E-state index in [9.17, 15) is 39.6 Å². The zero-order valence-electron chi connectivity index (χ0n) is 11.1. The highest BCUT2D eigenvalue weighted by Gasteiger charge is 2.60. The molecule has 0 aromatic heterocycles. The van der Waals surface area contributed by atoms with Crippen molar-refractivity contribution in [3.05, 3.63) is 29.8 Å². The Morgan fingerprint density at radius 1 is 1.00 bits per heavy atom. The van der Waals surface area contributed by atoms with E-state index < -0.39 is 39.6 Å². The van der Waals surface area contributed by atoms with Crippen LogP contribution >= 0.6 is 0 Å². The Hall–Kier alpha value is -1.98. The van der Waals surface area contributed by atoms with Gasteiger partial charge in [-0.25, -0.2) is 4.79 Å². The van der Waals surface area contributed by atoms with Crippen molar-refractivity contribution in [2.45, 2.75) is 30.3 Å². The molecule has 0 radical (unpaired) electrons. The van der Waals surface area contributed by atoms with Gasteiger partial charge in [0.2, 0.25) is 0 Å². The Morgan fingerprint density at radius 2 is 1.43 bits per heavy atom. The Balaban J connectivity index is 2.92. The molecule has 12 heteroatoms. The summed E-state index contributed by atoms with van der Waals surface area (Å²) in [6, 6.07) is 4.44. The van der Waals surface area contributed by atoms with Crippen LogP contribution in [0.25, 0.3) is 0 Å². The van der Waals surface area contributed by atoms with Gasteiger partial charge in [0.1, 0.15) is 4.90 Å². The van der Waals surface area contributed by atoms with Crippen molar-refractivity contribution in [3.63, 3.8) is 0 Å². The van der Waals surface area contributed by atoms with Crippen LogP contribution in [0.15, 0.2) is 29.2 Å². The predicted octanol–water partition coefficient (Wildman–Crippen LogP) is 3.33. The first-order valence-corrected chi connectivity index (χ1v) is 6.99. The molecule has 23 heavy (non-hydrogen) atoms. The van der Waals surface area contributed by atoms with Gasteiger partial charge in [-0.2, -0.15) is 34.8 Å². The van der Waals surface area contributed by atoms with Gasteiger partial charge < -0.3 is 8.92 Å². The van der Waals surface area contributed by atoms with Gasteiger partial charge in [-0.15, -0.1) is 0 Å². The molecule has 1 aromatic rings. The first kappa shape index (κ1) is 19.1. The van der Waals surface area contributed by atoms with Crippen molar-refractivity contribution < 1.29 is 48.5 Å². The average Bonchev–Trinajstić information content (AvgIpc) is 2.33. The maximum atomic E-state index is 12.2. The van der Waals surface area contributed by atoms with Crippen molar-refractivity contribution >= 4 is 16.3 Å². The molecule has 5 nitrogen and oxygen atoms in total. The number of ether oxygens (including phenoxy) is 1. The molecule has 0 saturated heterocycles. The third kappa shape index (κ3) is 5.30. The summed E-state index contributed by atoms with van der Waals surface area (Å²) >= 11 is 0. The van der Waals surface area contributed by atoms with Gasteiger partial charge in [-0.05, 0) is 19.1 Å². The summed E-state index contributed by atoms with van der Waals surface area (Å²) in [7, 11) is -4.92. The van der Waals surface area contributed by atoms with Crippen LogP contribution in [-0.4, -0.2) is 33.0 Å². The number of hydrogen-bond acceptors (Lipinski definition) is 5. The molecular weight excluding hydrogens is 358 g/mol. The summed E-state index contributed by atoms with van der Waals surface area (Å²) in [6.07, 6.45) is -19.1. The maximum absolute atomic E-state index is 12.2. The zero-order chi connectivity index (χ0) is 18.1. The van der Waals surface area contributed by atoms with Crippen LogP contribution < -0.4 is 0 Å². The fourth-order valence-corrected chi connectivity index (χ4v) is 2.06. The van der Waals surface area contributed by atoms with E-state index in [0.717, 1.165) is 12.1 Å². The van der Waals surface area contributed by atoms with Crippen molar-refractivity contribution in [3.8, 4) is 0 Å². The maximum Gasteiger partial charge on any atom is 0.525 e. The van der Waals surface area contributed by atoms with Crippen LogP contribution in [0.3, 0.4) is 0 Å². The number of hydrogen-bond donors (Lipinski definition) is 0. The second kappa shape index (κ2) is 6.26. The van der Waals surface area contributed by atoms with Crippen LogP contribution in [-0.2, 0) is 19.0 Å². The van der Waals surface area contributed by atoms with E-state index in [-0.39, 0.29) is 0 Å². The van der Waals surface area contributed by atoms with E-state index in [1.54, 1.807) is 6.92 Å². The van der Waals surface area contributed by atoms with Gasteiger partial charge in [0.15, 0.2) is 0 Å². The average molecular weight is 366 g/mol. The fourth-order valence-electron chi connectivity index (χ4n) is 1.28. The third-order valence-electron chi connectivity index (χ3n) is 2.30. The molecule has 1 rings (SSSR count). The highest BCUT2D eigenvalue weighted by atomic mass is 32.2. The highest BCUT2D eigenvalue weighted by Crippen LogP contribution is 2.36. The molecule has 1 aromatic carbocycles. The highest BCUT2D eigenvalue weighted by molar-refractivity contribution is 7.87. The molecule has 0 aliphatic heterocycles.